The third kappa shape index (κ3) is 5.89. The molecule has 0 bridgehead atoms. The third-order valence-electron chi connectivity index (χ3n) is 2.14. The van der Waals surface area contributed by atoms with Gasteiger partial charge >= 0.3 is 6.36 Å². The summed E-state index contributed by atoms with van der Waals surface area (Å²) in [5.74, 6) is -1.05. The summed E-state index contributed by atoms with van der Waals surface area (Å²) in [6.07, 6.45) is -4.80. The Kier molecular flexibility index (Phi) is 7.01. The lowest BCUT2D eigenvalue weighted by Crippen LogP contribution is -2.35. The number of rotatable bonds is 5. The molecule has 5 nitrogen and oxygen atoms in total. The Balaban J connectivity index is 0.00000361. The molecule has 1 aromatic carbocycles. The van der Waals surface area contributed by atoms with Crippen LogP contribution in [0.1, 0.15) is 19.0 Å². The van der Waals surface area contributed by atoms with Crippen LogP contribution in [-0.4, -0.2) is 30.5 Å². The van der Waals surface area contributed by atoms with E-state index in [0.717, 1.165) is 12.1 Å². The van der Waals surface area contributed by atoms with Crippen molar-refractivity contribution in [1.82, 2.24) is 5.32 Å². The maximum Gasteiger partial charge on any atom is 0.573 e. The number of benzene rings is 1. The topological polar surface area (TPSA) is 84.6 Å². The van der Waals surface area contributed by atoms with E-state index in [1.807, 2.05) is 0 Å². The first-order valence-electron chi connectivity index (χ1n) is 5.33. The Morgan fingerprint density at radius 3 is 2.65 bits per heavy atom. The highest BCUT2D eigenvalue weighted by molar-refractivity contribution is 5.83. The number of carbonyl (C=O) groups is 1. The Morgan fingerprint density at radius 1 is 1.45 bits per heavy atom. The molecule has 20 heavy (non-hydrogen) atoms. The second kappa shape index (κ2) is 7.71. The summed E-state index contributed by atoms with van der Waals surface area (Å²) in [5.41, 5.74) is 5.76. The van der Waals surface area contributed by atoms with Gasteiger partial charge in [0.05, 0.1) is 6.61 Å². The summed E-state index contributed by atoms with van der Waals surface area (Å²) in [4.78, 5) is 11.5. The number of alkyl halides is 3. The van der Waals surface area contributed by atoms with Crippen molar-refractivity contribution in [3.05, 3.63) is 29.8 Å². The number of carbonyl (C=O) groups excluding carboxylic acids is 1. The zero-order valence-electron chi connectivity index (χ0n) is 9.78. The monoisotopic (exact) mass is 294 g/mol. The fraction of sp³-hybridized carbons (Fsp3) is 0.417. The number of amides is 1. The zero-order valence-corrected chi connectivity index (χ0v) is 9.78. The van der Waals surface area contributed by atoms with Crippen molar-refractivity contribution >= 4 is 5.91 Å². The first kappa shape index (κ1) is 18.2. The van der Waals surface area contributed by atoms with Crippen LogP contribution in [0.15, 0.2) is 24.3 Å². The van der Waals surface area contributed by atoms with E-state index >= 15 is 0 Å². The Hall–Kier alpha value is -1.80. The Morgan fingerprint density at radius 2 is 2.10 bits per heavy atom. The summed E-state index contributed by atoms with van der Waals surface area (Å²) < 4.78 is 39.8. The number of ether oxygens (including phenoxy) is 1. The Bertz CT molecular complexity index is 438. The molecule has 1 amide bonds. The van der Waals surface area contributed by atoms with Gasteiger partial charge in [-0.15, -0.1) is 13.2 Å². The van der Waals surface area contributed by atoms with Gasteiger partial charge in [0.2, 0.25) is 5.91 Å². The van der Waals surface area contributed by atoms with Crippen molar-refractivity contribution in [3.63, 3.8) is 0 Å². The molecule has 0 aromatic heterocycles. The van der Waals surface area contributed by atoms with Crippen LogP contribution in [0.4, 0.5) is 13.2 Å². The van der Waals surface area contributed by atoms with Crippen LogP contribution in [0.3, 0.4) is 0 Å². The fourth-order valence-electron chi connectivity index (χ4n) is 1.35. The number of hydrogen-bond donors (Lipinski definition) is 3. The molecular formula is C12H17F3N2O3. The van der Waals surface area contributed by atoms with Gasteiger partial charge in [-0.05, 0) is 17.7 Å². The summed E-state index contributed by atoms with van der Waals surface area (Å²) in [6.45, 7) is -0.235. The minimum Gasteiger partial charge on any atom is -0.406 e. The van der Waals surface area contributed by atoms with Crippen LogP contribution in [0.2, 0.25) is 0 Å². The molecule has 0 aliphatic carbocycles. The van der Waals surface area contributed by atoms with Crippen LogP contribution in [0.25, 0.3) is 0 Å². The van der Waals surface area contributed by atoms with Gasteiger partial charge in [-0.1, -0.05) is 19.6 Å². The van der Waals surface area contributed by atoms with E-state index < -0.39 is 24.1 Å². The number of aliphatic hydroxyl groups is 1. The van der Waals surface area contributed by atoms with Crippen molar-refractivity contribution in [2.24, 2.45) is 5.73 Å². The molecule has 1 unspecified atom stereocenters. The fourth-order valence-corrected chi connectivity index (χ4v) is 1.35. The van der Waals surface area contributed by atoms with Crippen molar-refractivity contribution in [1.29, 1.82) is 0 Å². The standard InChI is InChI=1S/C11H13F3N2O3.CH4/c12-11(13,14)19-8-3-1-2-7(6-8)9(15)10(18)16-4-5-17;/h1-3,6,9,17H,4-5,15H2,(H,16,18);1H4. The predicted octanol–water partition coefficient (Wildman–Crippen LogP) is 1.33. The largest absolute Gasteiger partial charge is 0.573 e. The highest BCUT2D eigenvalue weighted by Gasteiger charge is 2.31. The highest BCUT2D eigenvalue weighted by Crippen LogP contribution is 2.24. The number of nitrogens with two attached hydrogens (primary N) is 1. The smallest absolute Gasteiger partial charge is 0.406 e. The SMILES string of the molecule is C.NC(C(=O)NCCO)c1cccc(OC(F)(F)F)c1. The molecule has 1 aromatic rings. The van der Waals surface area contributed by atoms with Crippen LogP contribution in [0.5, 0.6) is 5.75 Å². The number of hydrogen-bond acceptors (Lipinski definition) is 4. The molecule has 0 spiro atoms. The van der Waals surface area contributed by atoms with E-state index in [1.54, 1.807) is 0 Å². The average Bonchev–Trinajstić information content (AvgIpc) is 2.33. The lowest BCUT2D eigenvalue weighted by molar-refractivity contribution is -0.274. The van der Waals surface area contributed by atoms with Crippen molar-refractivity contribution in [2.75, 3.05) is 13.2 Å². The van der Waals surface area contributed by atoms with Crippen molar-refractivity contribution in [3.8, 4) is 5.75 Å². The van der Waals surface area contributed by atoms with E-state index in [2.05, 4.69) is 10.1 Å². The molecule has 4 N–H and O–H groups in total. The second-order valence-electron chi connectivity index (χ2n) is 3.61. The summed E-state index contributed by atoms with van der Waals surface area (Å²) >= 11 is 0. The van der Waals surface area contributed by atoms with E-state index in [0.29, 0.717) is 0 Å². The van der Waals surface area contributed by atoms with Crippen molar-refractivity contribution < 1.29 is 27.8 Å². The molecule has 0 saturated heterocycles. The van der Waals surface area contributed by atoms with Crippen LogP contribution >= 0.6 is 0 Å². The zero-order chi connectivity index (χ0) is 14.5. The predicted molar refractivity (Wildman–Crippen MR) is 66.9 cm³/mol. The molecule has 114 valence electrons. The quantitative estimate of drug-likeness (QED) is 0.765. The first-order chi connectivity index (χ1) is 8.83. The molecule has 8 heteroatoms. The van der Waals surface area contributed by atoms with Gasteiger partial charge < -0.3 is 20.9 Å². The number of nitrogens with one attached hydrogen (secondary N) is 1. The van der Waals surface area contributed by atoms with Crippen molar-refractivity contribution in [2.45, 2.75) is 19.8 Å². The Labute approximate surface area is 114 Å². The van der Waals surface area contributed by atoms with Gasteiger partial charge in [0.1, 0.15) is 11.8 Å². The lowest BCUT2D eigenvalue weighted by atomic mass is 10.1. The molecule has 0 heterocycles. The third-order valence-corrected chi connectivity index (χ3v) is 2.14. The van der Waals surface area contributed by atoms with E-state index in [-0.39, 0.29) is 26.1 Å². The van der Waals surface area contributed by atoms with Gasteiger partial charge in [0.15, 0.2) is 0 Å². The highest BCUT2D eigenvalue weighted by atomic mass is 19.4. The number of aliphatic hydroxyl groups excluding tert-OH is 1. The minimum absolute atomic E-state index is 0. The molecular weight excluding hydrogens is 277 g/mol. The first-order valence-corrected chi connectivity index (χ1v) is 5.33. The van der Waals surface area contributed by atoms with Gasteiger partial charge in [-0.3, -0.25) is 4.79 Å². The van der Waals surface area contributed by atoms with Gasteiger partial charge in [-0.2, -0.15) is 0 Å². The average molecular weight is 294 g/mol. The minimum atomic E-state index is -4.80. The van der Waals surface area contributed by atoms with Crippen LogP contribution in [-0.2, 0) is 4.79 Å². The maximum absolute atomic E-state index is 12.0. The maximum atomic E-state index is 12.0. The summed E-state index contributed by atoms with van der Waals surface area (Å²) in [5, 5.41) is 10.9. The molecule has 0 saturated carbocycles. The summed E-state index contributed by atoms with van der Waals surface area (Å²) in [6, 6.07) is 3.72. The summed E-state index contributed by atoms with van der Waals surface area (Å²) in [7, 11) is 0. The van der Waals surface area contributed by atoms with Crippen LogP contribution in [0, 0.1) is 0 Å². The normalized spacial score (nSPS) is 12.2. The second-order valence-corrected chi connectivity index (χ2v) is 3.61. The van der Waals surface area contributed by atoms with Gasteiger partial charge in [0.25, 0.3) is 0 Å². The number of halogens is 3. The van der Waals surface area contributed by atoms with E-state index in [1.165, 1.54) is 12.1 Å². The van der Waals surface area contributed by atoms with Crippen LogP contribution < -0.4 is 15.8 Å². The molecule has 1 atom stereocenters. The molecule has 0 aliphatic rings. The lowest BCUT2D eigenvalue weighted by Gasteiger charge is -2.14. The molecule has 0 radical (unpaired) electrons. The molecule has 0 aliphatic heterocycles. The van der Waals surface area contributed by atoms with Gasteiger partial charge in [-0.25, -0.2) is 0 Å². The molecule has 0 fully saturated rings. The molecule has 1 rings (SSSR count). The van der Waals surface area contributed by atoms with Gasteiger partial charge in [0, 0.05) is 6.54 Å². The van der Waals surface area contributed by atoms with E-state index in [4.69, 9.17) is 10.8 Å². The van der Waals surface area contributed by atoms with E-state index in [9.17, 15) is 18.0 Å².